The molecule has 9 atom stereocenters. The summed E-state index contributed by atoms with van der Waals surface area (Å²) in [6, 6.07) is 0. The van der Waals surface area contributed by atoms with Gasteiger partial charge in [-0.3, -0.25) is 4.79 Å². The summed E-state index contributed by atoms with van der Waals surface area (Å²) in [6.07, 6.45) is 13.3. The Morgan fingerprint density at radius 2 is 1.64 bits per heavy atom. The zero-order chi connectivity index (χ0) is 29.2. The van der Waals surface area contributed by atoms with Gasteiger partial charge in [0.05, 0.1) is 34.9 Å². The number of carbonyl (C=O) groups excluding carboxylic acids is 1. The van der Waals surface area contributed by atoms with Crippen LogP contribution in [-0.4, -0.2) is 60.8 Å². The third-order valence-electron chi connectivity index (χ3n) is 11.5. The molecule has 0 aromatic carbocycles. The summed E-state index contributed by atoms with van der Waals surface area (Å²) in [5.74, 6) is 4.79. The van der Waals surface area contributed by atoms with E-state index in [0.717, 1.165) is 24.0 Å². The Bertz CT molecular complexity index is 1080. The summed E-state index contributed by atoms with van der Waals surface area (Å²) in [6.45, 7) is 9.32. The molecule has 39 heavy (non-hydrogen) atoms. The molecule has 0 heterocycles. The molecule has 0 aliphatic heterocycles. The van der Waals surface area contributed by atoms with Crippen LogP contribution in [0.5, 0.6) is 0 Å². The number of carbonyl (C=O) groups is 1. The fourth-order valence-electron chi connectivity index (χ4n) is 9.33. The van der Waals surface area contributed by atoms with Crippen LogP contribution in [0.4, 0.5) is 0 Å². The maximum Gasteiger partial charge on any atom is 0.148 e. The van der Waals surface area contributed by atoms with Crippen LogP contribution in [0.2, 0.25) is 0 Å². The number of rotatable bonds is 7. The lowest BCUT2D eigenvalue weighted by Crippen LogP contribution is -2.62. The zero-order valence-electron chi connectivity index (χ0n) is 24.3. The van der Waals surface area contributed by atoms with Crippen molar-refractivity contribution >= 4 is 5.78 Å². The first-order valence-electron chi connectivity index (χ1n) is 14.6. The molecule has 3 fully saturated rings. The van der Waals surface area contributed by atoms with Crippen LogP contribution in [-0.2, 0) is 4.79 Å². The molecule has 0 unspecified atom stereocenters. The highest BCUT2D eigenvalue weighted by molar-refractivity contribution is 5.93. The van der Waals surface area contributed by atoms with Crippen LogP contribution in [0.3, 0.4) is 0 Å². The van der Waals surface area contributed by atoms with Crippen LogP contribution >= 0.6 is 0 Å². The third-order valence-corrected chi connectivity index (χ3v) is 11.5. The Kier molecular flexibility index (Phi) is 7.77. The molecule has 4 rings (SSSR count). The summed E-state index contributed by atoms with van der Waals surface area (Å²) in [5.41, 5.74) is -2.21. The van der Waals surface area contributed by atoms with Crippen molar-refractivity contribution in [3.05, 3.63) is 11.1 Å². The van der Waals surface area contributed by atoms with Gasteiger partial charge in [-0.2, -0.15) is 0 Å². The molecule has 216 valence electrons. The van der Waals surface area contributed by atoms with Crippen LogP contribution < -0.4 is 0 Å². The largest absolute Gasteiger partial charge is 0.390 e. The molecule has 0 amide bonds. The van der Waals surface area contributed by atoms with Crippen molar-refractivity contribution in [1.29, 1.82) is 0 Å². The quantitative estimate of drug-likeness (QED) is 0.249. The minimum atomic E-state index is -1.40. The summed E-state index contributed by atoms with van der Waals surface area (Å²) in [4.78, 5) is 14.5. The molecule has 4 aliphatic carbocycles. The lowest BCUT2D eigenvalue weighted by atomic mass is 9.41. The molecular weight excluding hydrogens is 492 g/mol. The van der Waals surface area contributed by atoms with E-state index < -0.39 is 51.7 Å². The van der Waals surface area contributed by atoms with Crippen LogP contribution in [0.1, 0.15) is 98.8 Å². The molecule has 0 aromatic rings. The van der Waals surface area contributed by atoms with Gasteiger partial charge in [-0.1, -0.05) is 25.0 Å². The number of Topliss-reactive ketones (excluding diaryl/α,β-unsaturated/α-hetero) is 1. The third kappa shape index (κ3) is 4.61. The highest BCUT2D eigenvalue weighted by atomic mass is 16.3. The fourth-order valence-corrected chi connectivity index (χ4v) is 9.33. The van der Waals surface area contributed by atoms with Crippen molar-refractivity contribution in [2.45, 2.75) is 128 Å². The molecule has 3 saturated carbocycles. The maximum atomic E-state index is 14.5. The summed E-state index contributed by atoms with van der Waals surface area (Å²) in [5, 5.41) is 54.5. The predicted octanol–water partition coefficient (Wildman–Crippen LogP) is 3.53. The van der Waals surface area contributed by atoms with Gasteiger partial charge >= 0.3 is 0 Å². The molecule has 4 aliphatic rings. The van der Waals surface area contributed by atoms with E-state index in [4.69, 9.17) is 12.8 Å². The lowest BCUT2D eigenvalue weighted by Gasteiger charge is -2.61. The molecule has 5 N–H and O–H groups in total. The number of ketones is 1. The van der Waals surface area contributed by atoms with E-state index in [1.165, 1.54) is 0 Å². The first-order chi connectivity index (χ1) is 18.0. The van der Waals surface area contributed by atoms with E-state index in [1.54, 1.807) is 20.8 Å². The molecule has 0 aromatic heterocycles. The SMILES string of the molecule is C#CCC1(CC#C)C(=O)[C@@H]2C[C@@H](O)[C@@H](O)C[C@]2(C)[C@H]2CC[C@@]3(C)C(=C21)CC[C@@H]3[C@@](C)(O)[C@H](O)CCC(C)(C)O. The van der Waals surface area contributed by atoms with Gasteiger partial charge in [0.2, 0.25) is 0 Å². The number of hydrogen-bond donors (Lipinski definition) is 5. The van der Waals surface area contributed by atoms with E-state index in [1.807, 2.05) is 0 Å². The standard InChI is InChI=1S/C33H48O6/c1-8-14-33(15-9-2)27-20-10-11-25(32(7,39)26(36)13-16-29(3,4)38)30(20,5)17-12-21(27)31(6)19-24(35)23(34)18-22(31)28(33)37/h1-2,21-26,34-36,38-39H,10-19H2,3-7H3/t21-,22-,23+,24-,25-,26+,30-,31+,32+/m0/s1. The normalized spacial score (nSPS) is 40.0. The van der Waals surface area contributed by atoms with Crippen LogP contribution in [0.15, 0.2) is 11.1 Å². The summed E-state index contributed by atoms with van der Waals surface area (Å²) in [7, 11) is 0. The molecular formula is C33H48O6. The van der Waals surface area contributed by atoms with Gasteiger partial charge in [0.15, 0.2) is 0 Å². The van der Waals surface area contributed by atoms with Crippen molar-refractivity contribution in [3.63, 3.8) is 0 Å². The Hall–Kier alpha value is -1.67. The van der Waals surface area contributed by atoms with Crippen molar-refractivity contribution in [3.8, 4) is 24.7 Å². The van der Waals surface area contributed by atoms with Gasteiger partial charge in [0.1, 0.15) is 5.78 Å². The first-order valence-corrected chi connectivity index (χ1v) is 14.6. The second-order valence-corrected chi connectivity index (χ2v) is 14.4. The second-order valence-electron chi connectivity index (χ2n) is 14.4. The van der Waals surface area contributed by atoms with Gasteiger partial charge in [-0.05, 0) is 94.8 Å². The van der Waals surface area contributed by atoms with Crippen molar-refractivity contribution in [2.75, 3.05) is 0 Å². The minimum absolute atomic E-state index is 0.0177. The lowest BCUT2D eigenvalue weighted by molar-refractivity contribution is -0.161. The van der Waals surface area contributed by atoms with Gasteiger partial charge in [0, 0.05) is 18.8 Å². The predicted molar refractivity (Wildman–Crippen MR) is 150 cm³/mol. The van der Waals surface area contributed by atoms with Crippen molar-refractivity contribution in [1.82, 2.24) is 0 Å². The minimum Gasteiger partial charge on any atom is -0.390 e. The Morgan fingerprint density at radius 1 is 1.03 bits per heavy atom. The number of aliphatic hydroxyl groups is 5. The summed E-state index contributed by atoms with van der Waals surface area (Å²) < 4.78 is 0. The highest BCUT2D eigenvalue weighted by Gasteiger charge is 2.67. The monoisotopic (exact) mass is 540 g/mol. The maximum absolute atomic E-state index is 14.5. The fraction of sp³-hybridized carbons (Fsp3) is 0.788. The van der Waals surface area contributed by atoms with E-state index in [2.05, 4.69) is 25.7 Å². The Morgan fingerprint density at radius 3 is 2.21 bits per heavy atom. The number of hydrogen-bond acceptors (Lipinski definition) is 6. The summed E-state index contributed by atoms with van der Waals surface area (Å²) >= 11 is 0. The average molecular weight is 541 g/mol. The number of allylic oxidation sites excluding steroid dienone is 2. The molecule has 0 spiro atoms. The van der Waals surface area contributed by atoms with E-state index in [0.29, 0.717) is 25.7 Å². The van der Waals surface area contributed by atoms with Gasteiger partial charge in [-0.15, -0.1) is 24.7 Å². The molecule has 0 bridgehead atoms. The smallest absolute Gasteiger partial charge is 0.148 e. The number of aliphatic hydroxyl groups excluding tert-OH is 3. The first kappa shape index (κ1) is 30.3. The number of terminal acetylenes is 2. The molecule has 0 radical (unpaired) electrons. The second kappa shape index (κ2) is 10.0. The number of fused-ring (bicyclic) bond motifs is 4. The molecule has 0 saturated heterocycles. The van der Waals surface area contributed by atoms with Gasteiger partial charge in [0.25, 0.3) is 0 Å². The van der Waals surface area contributed by atoms with Crippen LogP contribution in [0.25, 0.3) is 0 Å². The van der Waals surface area contributed by atoms with Gasteiger partial charge in [-0.25, -0.2) is 0 Å². The van der Waals surface area contributed by atoms with E-state index in [9.17, 15) is 30.3 Å². The van der Waals surface area contributed by atoms with Crippen molar-refractivity contribution in [2.24, 2.45) is 34.0 Å². The molecule has 6 nitrogen and oxygen atoms in total. The Labute approximate surface area is 234 Å². The Balaban J connectivity index is 1.85. The van der Waals surface area contributed by atoms with E-state index >= 15 is 0 Å². The zero-order valence-corrected chi connectivity index (χ0v) is 24.3. The van der Waals surface area contributed by atoms with Gasteiger partial charge < -0.3 is 25.5 Å². The van der Waals surface area contributed by atoms with Crippen molar-refractivity contribution < 1.29 is 30.3 Å². The van der Waals surface area contributed by atoms with E-state index in [-0.39, 0.29) is 43.3 Å². The van der Waals surface area contributed by atoms with Crippen LogP contribution in [0, 0.1) is 58.7 Å². The topological polar surface area (TPSA) is 118 Å². The molecule has 6 heteroatoms. The average Bonchev–Trinajstić information content (AvgIpc) is 3.20. The highest BCUT2D eigenvalue weighted by Crippen LogP contribution is 2.70.